The molecular formula is C17H23ClO3. The summed E-state index contributed by atoms with van der Waals surface area (Å²) in [5.74, 6) is -1.32. The highest BCUT2D eigenvalue weighted by atomic mass is 35.5. The minimum absolute atomic E-state index is 0.0405. The van der Waals surface area contributed by atoms with Crippen LogP contribution in [-0.4, -0.2) is 22.3 Å². The molecule has 3 nitrogen and oxygen atoms in total. The summed E-state index contributed by atoms with van der Waals surface area (Å²) in [7, 11) is 0. The first-order chi connectivity index (χ1) is 9.62. The highest BCUT2D eigenvalue weighted by Crippen LogP contribution is 2.46. The molecule has 0 saturated carbocycles. The molecule has 1 N–H and O–H groups in total. The Bertz CT molecular complexity index is 537. The van der Waals surface area contributed by atoms with Crippen LogP contribution >= 0.6 is 11.6 Å². The van der Waals surface area contributed by atoms with E-state index in [0.29, 0.717) is 11.4 Å². The predicted octanol–water partition coefficient (Wildman–Crippen LogP) is 4.18. The summed E-state index contributed by atoms with van der Waals surface area (Å²) in [4.78, 5) is 11.8. The van der Waals surface area contributed by atoms with Gasteiger partial charge in [-0.2, -0.15) is 0 Å². The summed E-state index contributed by atoms with van der Waals surface area (Å²) in [6, 6.07) is 7.44. The number of carbonyl (C=O) groups is 1. The van der Waals surface area contributed by atoms with Crippen molar-refractivity contribution in [1.82, 2.24) is 0 Å². The summed E-state index contributed by atoms with van der Waals surface area (Å²) in [5, 5.41) is 10.3. The average Bonchev–Trinajstić information content (AvgIpc) is 2.55. The van der Waals surface area contributed by atoms with Crippen LogP contribution < -0.4 is 0 Å². The van der Waals surface area contributed by atoms with Gasteiger partial charge in [-0.3, -0.25) is 4.79 Å². The fourth-order valence-electron chi connectivity index (χ4n) is 3.53. The number of benzene rings is 1. The van der Waals surface area contributed by atoms with Crippen molar-refractivity contribution in [2.75, 3.05) is 0 Å². The van der Waals surface area contributed by atoms with Crippen molar-refractivity contribution < 1.29 is 14.6 Å². The molecule has 1 aliphatic rings. The van der Waals surface area contributed by atoms with Gasteiger partial charge in [-0.05, 0) is 52.2 Å². The predicted molar refractivity (Wildman–Crippen MR) is 83.6 cm³/mol. The Morgan fingerprint density at radius 3 is 2.48 bits per heavy atom. The summed E-state index contributed by atoms with van der Waals surface area (Å²) < 4.78 is 6.05. The van der Waals surface area contributed by atoms with Crippen LogP contribution in [0.5, 0.6) is 0 Å². The van der Waals surface area contributed by atoms with Crippen molar-refractivity contribution >= 4 is 17.6 Å². The zero-order valence-corrected chi connectivity index (χ0v) is 13.8. The number of halogens is 1. The first-order valence-corrected chi connectivity index (χ1v) is 7.66. The van der Waals surface area contributed by atoms with Crippen LogP contribution in [0.25, 0.3) is 0 Å². The lowest BCUT2D eigenvalue weighted by Crippen LogP contribution is -2.37. The Labute approximate surface area is 131 Å². The number of carboxylic acids is 1. The number of carboxylic acid groups (broad SMARTS) is 1. The maximum atomic E-state index is 11.8. The second kappa shape index (κ2) is 5.62. The Kier molecular flexibility index (Phi) is 4.36. The molecule has 2 rings (SSSR count). The van der Waals surface area contributed by atoms with E-state index in [1.807, 2.05) is 45.9 Å². The van der Waals surface area contributed by atoms with Gasteiger partial charge in [0.1, 0.15) is 0 Å². The molecule has 21 heavy (non-hydrogen) atoms. The molecule has 1 fully saturated rings. The molecule has 0 spiro atoms. The number of aliphatic carboxylic acids is 1. The van der Waals surface area contributed by atoms with Gasteiger partial charge in [0, 0.05) is 10.9 Å². The van der Waals surface area contributed by atoms with Crippen LogP contribution in [0, 0.1) is 11.8 Å². The number of hydrogen-bond donors (Lipinski definition) is 1. The van der Waals surface area contributed by atoms with Gasteiger partial charge >= 0.3 is 5.97 Å². The molecule has 0 radical (unpaired) electrons. The zero-order chi connectivity index (χ0) is 15.8. The third kappa shape index (κ3) is 3.58. The largest absolute Gasteiger partial charge is 0.481 e. The third-order valence-corrected chi connectivity index (χ3v) is 4.71. The highest BCUT2D eigenvalue weighted by Gasteiger charge is 2.50. The average molecular weight is 311 g/mol. The Hall–Kier alpha value is -1.06. The van der Waals surface area contributed by atoms with E-state index in [-0.39, 0.29) is 11.5 Å². The maximum Gasteiger partial charge on any atom is 0.307 e. The van der Waals surface area contributed by atoms with E-state index in [1.54, 1.807) is 6.07 Å². The number of ether oxygens (including phenoxy) is 1. The van der Waals surface area contributed by atoms with Gasteiger partial charge < -0.3 is 9.84 Å². The lowest BCUT2D eigenvalue weighted by molar-refractivity contribution is -0.147. The van der Waals surface area contributed by atoms with E-state index in [4.69, 9.17) is 16.3 Å². The summed E-state index contributed by atoms with van der Waals surface area (Å²) in [6.45, 7) is 8.00. The third-order valence-electron chi connectivity index (χ3n) is 4.34. The van der Waals surface area contributed by atoms with Crippen molar-refractivity contribution in [3.05, 3.63) is 34.9 Å². The zero-order valence-electron chi connectivity index (χ0n) is 13.0. The van der Waals surface area contributed by atoms with Crippen molar-refractivity contribution in [3.63, 3.8) is 0 Å². The van der Waals surface area contributed by atoms with Gasteiger partial charge in [-0.25, -0.2) is 0 Å². The molecule has 1 aliphatic heterocycles. The van der Waals surface area contributed by atoms with Crippen LogP contribution in [0.3, 0.4) is 0 Å². The molecule has 116 valence electrons. The molecule has 1 aromatic carbocycles. The van der Waals surface area contributed by atoms with Crippen LogP contribution in [0.15, 0.2) is 24.3 Å². The maximum absolute atomic E-state index is 11.8. The molecule has 4 heteroatoms. The minimum atomic E-state index is -0.783. The van der Waals surface area contributed by atoms with Gasteiger partial charge in [0.25, 0.3) is 0 Å². The summed E-state index contributed by atoms with van der Waals surface area (Å²) in [5.41, 5.74) is 0.142. The standard InChI is InChI=1S/C17H23ClO3/c1-16(2)10-13(17(3,4)21-16)12(15(19)20)9-11-7-5-6-8-14(11)18/h5-8,12-13H,9-10H2,1-4H3,(H,19,20). The lowest BCUT2D eigenvalue weighted by Gasteiger charge is -2.31. The van der Waals surface area contributed by atoms with Crippen molar-refractivity contribution in [1.29, 1.82) is 0 Å². The first-order valence-electron chi connectivity index (χ1n) is 7.29. The fourth-order valence-corrected chi connectivity index (χ4v) is 3.75. The van der Waals surface area contributed by atoms with Crippen LogP contribution in [0.1, 0.15) is 39.7 Å². The Balaban J connectivity index is 2.28. The van der Waals surface area contributed by atoms with Crippen LogP contribution in [0.2, 0.25) is 5.02 Å². The summed E-state index contributed by atoms with van der Waals surface area (Å²) in [6.07, 6.45) is 1.17. The highest BCUT2D eigenvalue weighted by molar-refractivity contribution is 6.31. The molecule has 1 heterocycles. The van der Waals surface area contributed by atoms with Crippen molar-refractivity contribution in [3.8, 4) is 0 Å². The SMILES string of the molecule is CC1(C)CC(C(Cc2ccccc2Cl)C(=O)O)C(C)(C)O1. The van der Waals surface area contributed by atoms with Gasteiger partial charge in [0.2, 0.25) is 0 Å². The number of rotatable bonds is 4. The van der Waals surface area contributed by atoms with E-state index < -0.39 is 17.5 Å². The van der Waals surface area contributed by atoms with Crippen LogP contribution in [-0.2, 0) is 16.0 Å². The summed E-state index contributed by atoms with van der Waals surface area (Å²) >= 11 is 6.18. The van der Waals surface area contributed by atoms with E-state index in [2.05, 4.69) is 0 Å². The molecule has 0 bridgehead atoms. The van der Waals surface area contributed by atoms with Crippen molar-refractivity contribution in [2.24, 2.45) is 11.8 Å². The second-order valence-corrected chi connectivity index (χ2v) is 7.42. The van der Waals surface area contributed by atoms with Gasteiger partial charge in [-0.1, -0.05) is 29.8 Å². The molecule has 1 aromatic rings. The molecular weight excluding hydrogens is 288 g/mol. The molecule has 0 amide bonds. The van der Waals surface area contributed by atoms with Gasteiger partial charge in [0.05, 0.1) is 17.1 Å². The molecule has 0 aliphatic carbocycles. The van der Waals surface area contributed by atoms with Crippen LogP contribution in [0.4, 0.5) is 0 Å². The monoisotopic (exact) mass is 310 g/mol. The molecule has 1 saturated heterocycles. The quantitative estimate of drug-likeness (QED) is 0.907. The van der Waals surface area contributed by atoms with Gasteiger partial charge in [0.15, 0.2) is 0 Å². The fraction of sp³-hybridized carbons (Fsp3) is 0.588. The van der Waals surface area contributed by atoms with Crippen molar-refractivity contribution in [2.45, 2.75) is 51.7 Å². The Morgan fingerprint density at radius 1 is 1.38 bits per heavy atom. The van der Waals surface area contributed by atoms with E-state index in [1.165, 1.54) is 0 Å². The number of hydrogen-bond acceptors (Lipinski definition) is 2. The first kappa shape index (κ1) is 16.3. The van der Waals surface area contributed by atoms with E-state index in [0.717, 1.165) is 12.0 Å². The Morgan fingerprint density at radius 2 is 2.00 bits per heavy atom. The van der Waals surface area contributed by atoms with E-state index in [9.17, 15) is 9.90 Å². The molecule has 2 atom stereocenters. The molecule has 2 unspecified atom stereocenters. The lowest BCUT2D eigenvalue weighted by atomic mass is 9.75. The minimum Gasteiger partial charge on any atom is -0.481 e. The topological polar surface area (TPSA) is 46.5 Å². The molecule has 0 aromatic heterocycles. The normalized spacial score (nSPS) is 24.7. The van der Waals surface area contributed by atoms with E-state index >= 15 is 0 Å². The smallest absolute Gasteiger partial charge is 0.307 e. The van der Waals surface area contributed by atoms with Gasteiger partial charge in [-0.15, -0.1) is 0 Å². The second-order valence-electron chi connectivity index (χ2n) is 7.02.